The molecule has 2 unspecified atom stereocenters. The van der Waals surface area contributed by atoms with Crippen LogP contribution in [0.5, 0.6) is 0 Å². The number of hydrogen-bond donors (Lipinski definition) is 4. The first-order valence-electron chi connectivity index (χ1n) is 12.2. The molecule has 0 aromatic heterocycles. The molecular weight excluding hydrogens is 497 g/mol. The topological polar surface area (TPSA) is 171 Å². The van der Waals surface area contributed by atoms with Crippen molar-refractivity contribution >= 4 is 25.7 Å². The van der Waals surface area contributed by atoms with E-state index >= 15 is 0 Å². The Balaban J connectivity index is 4.26. The molecule has 0 aliphatic heterocycles. The number of methoxy groups -OCH3 is 2. The van der Waals surface area contributed by atoms with Gasteiger partial charge in [-0.05, 0) is 32.1 Å². The highest BCUT2D eigenvalue weighted by molar-refractivity contribution is 7.51. The van der Waals surface area contributed by atoms with Crippen LogP contribution in [0.25, 0.3) is 0 Å². The quantitative estimate of drug-likeness (QED) is 0.118. The number of carbonyl (C=O) groups excluding carboxylic acids is 3. The maximum atomic E-state index is 12.6. The first-order chi connectivity index (χ1) is 17.2. The van der Waals surface area contributed by atoms with E-state index in [-0.39, 0.29) is 32.3 Å². The third kappa shape index (κ3) is 22.5. The summed E-state index contributed by atoms with van der Waals surface area (Å²) in [5.74, 6) is -0.305. The molecule has 2 atom stereocenters. The van der Waals surface area contributed by atoms with E-state index in [1.165, 1.54) is 14.2 Å². The second kappa shape index (κ2) is 22.3. The van der Waals surface area contributed by atoms with Gasteiger partial charge in [0.1, 0.15) is 19.3 Å². The zero-order valence-corrected chi connectivity index (χ0v) is 22.6. The smallest absolute Gasteiger partial charge is 0.407 e. The number of nitrogens with one attached hydrogen (secondary N) is 3. The van der Waals surface area contributed by atoms with Gasteiger partial charge in [-0.15, -0.1) is 0 Å². The van der Waals surface area contributed by atoms with Gasteiger partial charge in [0.05, 0.1) is 19.8 Å². The molecule has 0 spiro atoms. The Hall–Kier alpha value is -1.92. The first kappa shape index (κ1) is 34.1. The zero-order valence-electron chi connectivity index (χ0n) is 21.8. The number of ether oxygens (including phenoxy) is 4. The Morgan fingerprint density at radius 2 is 1.31 bits per heavy atom. The summed E-state index contributed by atoms with van der Waals surface area (Å²) < 4.78 is 35.4. The molecule has 0 radical (unpaired) electrons. The van der Waals surface area contributed by atoms with Crippen molar-refractivity contribution in [1.29, 1.82) is 0 Å². The van der Waals surface area contributed by atoms with E-state index < -0.39 is 25.8 Å². The zero-order chi connectivity index (χ0) is 27.1. The second-order valence-electron chi connectivity index (χ2n) is 8.07. The van der Waals surface area contributed by atoms with E-state index in [2.05, 4.69) is 16.0 Å². The minimum atomic E-state index is -3.41. The Bertz CT molecular complexity index is 648. The summed E-state index contributed by atoms with van der Waals surface area (Å²) in [5, 5.41) is 8.04. The summed E-state index contributed by atoms with van der Waals surface area (Å²) in [6.07, 6.45) is 4.42. The molecule has 0 aliphatic carbocycles. The van der Waals surface area contributed by atoms with Crippen LogP contribution in [0, 0.1) is 0 Å². The Morgan fingerprint density at radius 1 is 0.750 bits per heavy atom. The molecular formula is C22H44N3O10P. The van der Waals surface area contributed by atoms with Gasteiger partial charge >= 0.3 is 19.8 Å². The van der Waals surface area contributed by atoms with Gasteiger partial charge in [-0.25, -0.2) is 9.59 Å². The standard InChI is InChI=1S/C22H44N3O10P/c1-31-15-17-33-21(27)24-13-9-7-11-19(25-22(28)34-18-16-32-2)20(26)23-12-8-5-4-6-10-14-35-36(3,29)30/h19H,4-18H2,1-3H3,(H,23,26)(H,24,27)(H,25,28)(H,29,30). The molecule has 3 amide bonds. The summed E-state index contributed by atoms with van der Waals surface area (Å²) in [7, 11) is -0.409. The van der Waals surface area contributed by atoms with Crippen molar-refractivity contribution in [1.82, 2.24) is 16.0 Å². The number of amides is 3. The normalized spacial score (nSPS) is 13.3. The van der Waals surface area contributed by atoms with Gasteiger partial charge in [0.15, 0.2) is 0 Å². The van der Waals surface area contributed by atoms with Gasteiger partial charge in [0.2, 0.25) is 5.91 Å². The first-order valence-corrected chi connectivity index (χ1v) is 14.3. The molecule has 36 heavy (non-hydrogen) atoms. The highest BCUT2D eigenvalue weighted by Gasteiger charge is 2.21. The predicted octanol–water partition coefficient (Wildman–Crippen LogP) is 2.17. The van der Waals surface area contributed by atoms with E-state index in [9.17, 15) is 18.9 Å². The van der Waals surface area contributed by atoms with Crippen LogP contribution in [0.4, 0.5) is 9.59 Å². The fourth-order valence-corrected chi connectivity index (χ4v) is 3.40. The van der Waals surface area contributed by atoms with Gasteiger partial charge in [-0.1, -0.05) is 19.3 Å². The number of rotatable bonds is 22. The summed E-state index contributed by atoms with van der Waals surface area (Å²) in [5.41, 5.74) is 0. The molecule has 0 heterocycles. The van der Waals surface area contributed by atoms with Crippen LogP contribution in [0.15, 0.2) is 0 Å². The van der Waals surface area contributed by atoms with Crippen molar-refractivity contribution in [3.63, 3.8) is 0 Å². The number of carbonyl (C=O) groups is 3. The minimum absolute atomic E-state index is 0.0743. The lowest BCUT2D eigenvalue weighted by Gasteiger charge is -2.18. The highest BCUT2D eigenvalue weighted by atomic mass is 31.2. The summed E-state index contributed by atoms with van der Waals surface area (Å²) in [6.45, 7) is 3.05. The lowest BCUT2D eigenvalue weighted by atomic mass is 10.1. The SMILES string of the molecule is COCCOC(=O)NCCCCC(NC(=O)OCCOC)C(=O)NCCCCCCCOP(C)(=O)O. The van der Waals surface area contributed by atoms with E-state index in [4.69, 9.17) is 28.4 Å². The van der Waals surface area contributed by atoms with Crippen molar-refractivity contribution in [3.05, 3.63) is 0 Å². The predicted molar refractivity (Wildman–Crippen MR) is 133 cm³/mol. The van der Waals surface area contributed by atoms with Crippen molar-refractivity contribution in [2.24, 2.45) is 0 Å². The van der Waals surface area contributed by atoms with E-state index in [1.807, 2.05) is 0 Å². The van der Waals surface area contributed by atoms with Crippen LogP contribution in [0.2, 0.25) is 0 Å². The minimum Gasteiger partial charge on any atom is -0.447 e. The maximum absolute atomic E-state index is 12.6. The molecule has 4 N–H and O–H groups in total. The van der Waals surface area contributed by atoms with Gasteiger partial charge in [-0.3, -0.25) is 9.36 Å². The third-order valence-electron chi connectivity index (χ3n) is 4.79. The Morgan fingerprint density at radius 3 is 1.94 bits per heavy atom. The molecule has 13 nitrogen and oxygen atoms in total. The molecule has 212 valence electrons. The van der Waals surface area contributed by atoms with Crippen molar-refractivity contribution < 1.29 is 47.3 Å². The number of hydrogen-bond acceptors (Lipinski definition) is 9. The summed E-state index contributed by atoms with van der Waals surface area (Å²) >= 11 is 0. The second-order valence-corrected chi connectivity index (χ2v) is 9.94. The third-order valence-corrected chi connectivity index (χ3v) is 5.45. The summed E-state index contributed by atoms with van der Waals surface area (Å²) in [4.78, 5) is 45.2. The van der Waals surface area contributed by atoms with Gasteiger partial charge in [0.25, 0.3) is 0 Å². The molecule has 0 aromatic carbocycles. The van der Waals surface area contributed by atoms with Crippen molar-refractivity contribution in [2.75, 3.05) is 67.0 Å². The van der Waals surface area contributed by atoms with Crippen LogP contribution in [-0.2, 0) is 32.8 Å². The largest absolute Gasteiger partial charge is 0.447 e. The molecule has 0 bridgehead atoms. The van der Waals surface area contributed by atoms with E-state index in [0.29, 0.717) is 45.4 Å². The fraction of sp³-hybridized carbons (Fsp3) is 0.864. The van der Waals surface area contributed by atoms with E-state index in [0.717, 1.165) is 32.3 Å². The fourth-order valence-electron chi connectivity index (χ4n) is 2.93. The van der Waals surface area contributed by atoms with Gasteiger partial charge in [0, 0.05) is 34.0 Å². The van der Waals surface area contributed by atoms with Crippen LogP contribution in [-0.4, -0.2) is 96.0 Å². The Kier molecular flexibility index (Phi) is 21.1. The molecule has 0 aliphatic rings. The van der Waals surface area contributed by atoms with Gasteiger partial charge in [-0.2, -0.15) is 0 Å². The van der Waals surface area contributed by atoms with Crippen molar-refractivity contribution in [3.8, 4) is 0 Å². The molecule has 0 fully saturated rings. The number of unbranched alkanes of at least 4 members (excludes halogenated alkanes) is 5. The molecule has 0 rings (SSSR count). The monoisotopic (exact) mass is 541 g/mol. The molecule has 0 saturated carbocycles. The average molecular weight is 542 g/mol. The van der Waals surface area contributed by atoms with Crippen LogP contribution < -0.4 is 16.0 Å². The molecule has 0 aromatic rings. The van der Waals surface area contributed by atoms with Crippen LogP contribution in [0.3, 0.4) is 0 Å². The number of alkyl carbamates (subject to hydrolysis) is 2. The van der Waals surface area contributed by atoms with E-state index in [1.54, 1.807) is 0 Å². The summed E-state index contributed by atoms with van der Waals surface area (Å²) in [6, 6.07) is -0.769. The molecule has 0 saturated heterocycles. The Labute approximate surface area is 213 Å². The lowest BCUT2D eigenvalue weighted by molar-refractivity contribution is -0.123. The molecule has 14 heteroatoms. The highest BCUT2D eigenvalue weighted by Crippen LogP contribution is 2.36. The lowest BCUT2D eigenvalue weighted by Crippen LogP contribution is -2.47. The van der Waals surface area contributed by atoms with Gasteiger partial charge < -0.3 is 44.3 Å². The average Bonchev–Trinajstić information content (AvgIpc) is 2.81. The van der Waals surface area contributed by atoms with Crippen molar-refractivity contribution in [2.45, 2.75) is 57.4 Å². The van der Waals surface area contributed by atoms with Crippen LogP contribution in [0.1, 0.15) is 51.4 Å². The van der Waals surface area contributed by atoms with Crippen LogP contribution >= 0.6 is 7.60 Å². The maximum Gasteiger partial charge on any atom is 0.407 e.